The first-order valence-electron chi connectivity index (χ1n) is 9.95. The number of halogens is 2. The van der Waals surface area contributed by atoms with Crippen LogP contribution in [0.5, 0.6) is 0 Å². The Hall–Kier alpha value is -2.77. The van der Waals surface area contributed by atoms with Gasteiger partial charge in [-0.25, -0.2) is 13.8 Å². The minimum absolute atomic E-state index is 0.0183. The van der Waals surface area contributed by atoms with Crippen molar-refractivity contribution in [3.63, 3.8) is 0 Å². The zero-order chi connectivity index (χ0) is 20.5. The third-order valence-electron chi connectivity index (χ3n) is 5.70. The number of hydrogen-bond acceptors (Lipinski definition) is 4. The van der Waals surface area contributed by atoms with Crippen molar-refractivity contribution in [3.05, 3.63) is 52.7 Å². The molecule has 0 unspecified atom stereocenters. The van der Waals surface area contributed by atoms with Crippen LogP contribution in [-0.4, -0.2) is 52.8 Å². The van der Waals surface area contributed by atoms with Gasteiger partial charge in [0, 0.05) is 32.1 Å². The van der Waals surface area contributed by atoms with Crippen LogP contribution in [0.4, 0.5) is 8.78 Å². The lowest BCUT2D eigenvalue weighted by Crippen LogP contribution is -2.38. The van der Waals surface area contributed by atoms with E-state index in [2.05, 4.69) is 4.98 Å². The average molecular weight is 403 g/mol. The summed E-state index contributed by atoms with van der Waals surface area (Å²) in [7, 11) is 0. The predicted molar refractivity (Wildman–Crippen MR) is 101 cm³/mol. The third-order valence-corrected chi connectivity index (χ3v) is 5.70. The minimum atomic E-state index is -0.730. The first-order valence-corrected chi connectivity index (χ1v) is 9.95. The van der Waals surface area contributed by atoms with Crippen LogP contribution in [0.1, 0.15) is 64.1 Å². The molecule has 29 heavy (non-hydrogen) atoms. The third kappa shape index (κ3) is 3.88. The molecule has 0 spiro atoms. The SMILES string of the molecule is Cc1oc(C2CCN(C(=O)c3cc(F)ccc3F)CC2)nc1C(=O)N1CCCC1. The maximum Gasteiger partial charge on any atom is 0.276 e. The van der Waals surface area contributed by atoms with Gasteiger partial charge in [0.15, 0.2) is 11.6 Å². The van der Waals surface area contributed by atoms with Crippen LogP contribution in [-0.2, 0) is 0 Å². The Labute approximate surface area is 167 Å². The van der Waals surface area contributed by atoms with Gasteiger partial charge in [-0.1, -0.05) is 0 Å². The van der Waals surface area contributed by atoms with Gasteiger partial charge < -0.3 is 14.2 Å². The Morgan fingerprint density at radius 2 is 1.69 bits per heavy atom. The van der Waals surface area contributed by atoms with Crippen LogP contribution in [0.15, 0.2) is 22.6 Å². The van der Waals surface area contributed by atoms with Crippen LogP contribution in [0, 0.1) is 18.6 Å². The summed E-state index contributed by atoms with van der Waals surface area (Å²) in [6.45, 7) is 4.01. The number of carbonyl (C=O) groups is 2. The van der Waals surface area contributed by atoms with Crippen molar-refractivity contribution in [1.82, 2.24) is 14.8 Å². The van der Waals surface area contributed by atoms with E-state index in [4.69, 9.17) is 4.42 Å². The molecule has 2 aliphatic heterocycles. The summed E-state index contributed by atoms with van der Waals surface area (Å²) in [6.07, 6.45) is 3.18. The Morgan fingerprint density at radius 3 is 2.38 bits per heavy atom. The maximum absolute atomic E-state index is 13.9. The van der Waals surface area contributed by atoms with Gasteiger partial charge in [-0.3, -0.25) is 9.59 Å². The zero-order valence-corrected chi connectivity index (χ0v) is 16.3. The number of carbonyl (C=O) groups excluding carboxylic acids is 2. The normalized spacial score (nSPS) is 17.8. The molecule has 0 bridgehead atoms. The molecule has 1 aromatic heterocycles. The standard InChI is InChI=1S/C21H23F2N3O3/c1-13-18(21(28)25-8-2-3-9-25)24-19(29-13)14-6-10-26(11-7-14)20(27)16-12-15(22)4-5-17(16)23/h4-5,12,14H,2-3,6-11H2,1H3. The fraction of sp³-hybridized carbons (Fsp3) is 0.476. The lowest BCUT2D eigenvalue weighted by molar-refractivity contribution is 0.0700. The second kappa shape index (κ2) is 7.93. The number of nitrogens with zero attached hydrogens (tertiary/aromatic N) is 3. The van der Waals surface area contributed by atoms with Crippen molar-refractivity contribution >= 4 is 11.8 Å². The highest BCUT2D eigenvalue weighted by atomic mass is 19.1. The topological polar surface area (TPSA) is 66.7 Å². The molecule has 0 radical (unpaired) electrons. The molecule has 2 amide bonds. The summed E-state index contributed by atoms with van der Waals surface area (Å²) < 4.78 is 33.1. The highest BCUT2D eigenvalue weighted by Gasteiger charge is 2.31. The van der Waals surface area contributed by atoms with E-state index in [1.165, 1.54) is 4.90 Å². The van der Waals surface area contributed by atoms with E-state index in [0.29, 0.717) is 43.3 Å². The Balaban J connectivity index is 1.42. The molecule has 2 fully saturated rings. The van der Waals surface area contributed by atoms with Crippen molar-refractivity contribution in [2.45, 2.75) is 38.5 Å². The van der Waals surface area contributed by atoms with E-state index in [1.807, 2.05) is 0 Å². The number of piperidine rings is 1. The largest absolute Gasteiger partial charge is 0.445 e. The molecule has 2 aliphatic rings. The van der Waals surface area contributed by atoms with E-state index < -0.39 is 17.5 Å². The second-order valence-electron chi connectivity index (χ2n) is 7.65. The first kappa shape index (κ1) is 19.5. The summed E-state index contributed by atoms with van der Waals surface area (Å²) in [5.41, 5.74) is 0.108. The molecular formula is C21H23F2N3O3. The number of benzene rings is 1. The fourth-order valence-corrected chi connectivity index (χ4v) is 4.02. The maximum atomic E-state index is 13.9. The van der Waals surface area contributed by atoms with Crippen LogP contribution in [0.3, 0.4) is 0 Å². The number of aromatic nitrogens is 1. The molecule has 4 rings (SSSR count). The van der Waals surface area contributed by atoms with Gasteiger partial charge in [0.2, 0.25) is 0 Å². The molecule has 2 saturated heterocycles. The van der Waals surface area contributed by atoms with E-state index >= 15 is 0 Å². The quantitative estimate of drug-likeness (QED) is 0.787. The van der Waals surface area contributed by atoms with E-state index in [-0.39, 0.29) is 17.4 Å². The molecule has 0 saturated carbocycles. The Bertz CT molecular complexity index is 929. The summed E-state index contributed by atoms with van der Waals surface area (Å²) in [5.74, 6) is -0.985. The van der Waals surface area contributed by atoms with E-state index in [0.717, 1.165) is 44.1 Å². The molecule has 6 nitrogen and oxygen atoms in total. The van der Waals surface area contributed by atoms with Gasteiger partial charge in [-0.15, -0.1) is 0 Å². The number of hydrogen-bond donors (Lipinski definition) is 0. The van der Waals surface area contributed by atoms with Crippen LogP contribution in [0.2, 0.25) is 0 Å². The molecule has 8 heteroatoms. The van der Waals surface area contributed by atoms with Crippen molar-refractivity contribution in [3.8, 4) is 0 Å². The zero-order valence-electron chi connectivity index (χ0n) is 16.3. The van der Waals surface area contributed by atoms with Crippen LogP contribution >= 0.6 is 0 Å². The second-order valence-corrected chi connectivity index (χ2v) is 7.65. The lowest BCUT2D eigenvalue weighted by Gasteiger charge is -2.30. The summed E-state index contributed by atoms with van der Waals surface area (Å²) in [6, 6.07) is 2.88. The summed E-state index contributed by atoms with van der Waals surface area (Å²) in [5, 5.41) is 0. The Kier molecular flexibility index (Phi) is 5.34. The number of oxazole rings is 1. The highest BCUT2D eigenvalue weighted by Crippen LogP contribution is 2.30. The molecule has 1 aromatic carbocycles. The summed E-state index contributed by atoms with van der Waals surface area (Å²) in [4.78, 5) is 32.9. The van der Waals surface area contributed by atoms with E-state index in [9.17, 15) is 18.4 Å². The average Bonchev–Trinajstić information content (AvgIpc) is 3.39. The lowest BCUT2D eigenvalue weighted by atomic mass is 9.96. The van der Waals surface area contributed by atoms with Gasteiger partial charge in [0.25, 0.3) is 11.8 Å². The predicted octanol–water partition coefficient (Wildman–Crippen LogP) is 3.52. The monoisotopic (exact) mass is 403 g/mol. The molecular weight excluding hydrogens is 380 g/mol. The van der Waals surface area contributed by atoms with Crippen LogP contribution < -0.4 is 0 Å². The van der Waals surface area contributed by atoms with E-state index in [1.54, 1.807) is 11.8 Å². The van der Waals surface area contributed by atoms with Crippen molar-refractivity contribution in [1.29, 1.82) is 0 Å². The number of amides is 2. The van der Waals surface area contributed by atoms with Crippen LogP contribution in [0.25, 0.3) is 0 Å². The summed E-state index contributed by atoms with van der Waals surface area (Å²) >= 11 is 0. The minimum Gasteiger partial charge on any atom is -0.445 e. The molecule has 0 atom stereocenters. The number of rotatable bonds is 3. The molecule has 2 aromatic rings. The molecule has 0 aliphatic carbocycles. The van der Waals surface area contributed by atoms with Gasteiger partial charge in [0.1, 0.15) is 17.4 Å². The fourth-order valence-electron chi connectivity index (χ4n) is 4.02. The smallest absolute Gasteiger partial charge is 0.276 e. The van der Waals surface area contributed by atoms with Crippen molar-refractivity contribution < 1.29 is 22.8 Å². The number of likely N-dealkylation sites (tertiary alicyclic amines) is 2. The van der Waals surface area contributed by atoms with Gasteiger partial charge >= 0.3 is 0 Å². The molecule has 154 valence electrons. The van der Waals surface area contributed by atoms with Crippen molar-refractivity contribution in [2.24, 2.45) is 0 Å². The van der Waals surface area contributed by atoms with Crippen molar-refractivity contribution in [2.75, 3.05) is 26.2 Å². The van der Waals surface area contributed by atoms with Gasteiger partial charge in [0.05, 0.1) is 5.56 Å². The molecule has 0 N–H and O–H groups in total. The van der Waals surface area contributed by atoms with Gasteiger partial charge in [-0.2, -0.15) is 0 Å². The van der Waals surface area contributed by atoms with Gasteiger partial charge in [-0.05, 0) is 50.8 Å². The highest BCUT2D eigenvalue weighted by molar-refractivity contribution is 5.94. The Morgan fingerprint density at radius 1 is 1.03 bits per heavy atom. The molecule has 3 heterocycles. The first-order chi connectivity index (χ1) is 13.9. The number of aryl methyl sites for hydroxylation is 1.